The smallest absolute Gasteiger partial charge is 0.227 e. The highest BCUT2D eigenvalue weighted by molar-refractivity contribution is 5.95. The van der Waals surface area contributed by atoms with Crippen molar-refractivity contribution in [2.45, 2.75) is 63.6 Å². The third kappa shape index (κ3) is 4.38. The summed E-state index contributed by atoms with van der Waals surface area (Å²) in [6.45, 7) is 1.37. The molecule has 0 saturated carbocycles. The Balaban J connectivity index is 0.00000196. The SMILES string of the molecule is Cl.O=C(CC1CC2CCC(C1)N2)NCc1ccc(N2CCCC2=O)cc1. The average molecular weight is 378 g/mol. The lowest BCUT2D eigenvalue weighted by atomic mass is 9.89. The molecule has 0 spiro atoms. The van der Waals surface area contributed by atoms with Crippen LogP contribution >= 0.6 is 12.4 Å². The second-order valence-electron chi connectivity index (χ2n) is 7.77. The summed E-state index contributed by atoms with van der Waals surface area (Å²) in [5.74, 6) is 0.893. The zero-order valence-electron chi connectivity index (χ0n) is 15.1. The third-order valence-corrected chi connectivity index (χ3v) is 5.86. The van der Waals surface area contributed by atoms with Crippen LogP contribution in [0.4, 0.5) is 5.69 Å². The van der Waals surface area contributed by atoms with Crippen molar-refractivity contribution in [3.05, 3.63) is 29.8 Å². The molecule has 3 aliphatic rings. The normalized spacial score (nSPS) is 27.3. The number of hydrogen-bond donors (Lipinski definition) is 2. The van der Waals surface area contributed by atoms with Crippen LogP contribution in [0.1, 0.15) is 50.5 Å². The highest BCUT2D eigenvalue weighted by Gasteiger charge is 2.34. The molecule has 26 heavy (non-hydrogen) atoms. The number of amides is 2. The van der Waals surface area contributed by atoms with Crippen molar-refractivity contribution in [1.29, 1.82) is 0 Å². The van der Waals surface area contributed by atoms with E-state index in [0.717, 1.165) is 37.1 Å². The summed E-state index contributed by atoms with van der Waals surface area (Å²) in [4.78, 5) is 25.9. The van der Waals surface area contributed by atoms with Gasteiger partial charge in [-0.15, -0.1) is 12.4 Å². The van der Waals surface area contributed by atoms with Crippen molar-refractivity contribution in [3.63, 3.8) is 0 Å². The molecule has 3 fully saturated rings. The van der Waals surface area contributed by atoms with Crippen LogP contribution in [0.25, 0.3) is 0 Å². The Kier molecular flexibility index (Phi) is 6.20. The number of piperidine rings is 1. The van der Waals surface area contributed by atoms with Gasteiger partial charge in [0.25, 0.3) is 0 Å². The second kappa shape index (κ2) is 8.40. The molecule has 2 atom stereocenters. The monoisotopic (exact) mass is 377 g/mol. The van der Waals surface area contributed by atoms with E-state index in [0.29, 0.717) is 37.4 Å². The number of nitrogens with zero attached hydrogens (tertiary/aromatic N) is 1. The van der Waals surface area contributed by atoms with Crippen LogP contribution in [0.15, 0.2) is 24.3 Å². The van der Waals surface area contributed by atoms with Gasteiger partial charge in [-0.2, -0.15) is 0 Å². The average Bonchev–Trinajstić information content (AvgIpc) is 3.19. The van der Waals surface area contributed by atoms with Gasteiger partial charge < -0.3 is 15.5 Å². The molecular formula is C20H28ClN3O2. The second-order valence-corrected chi connectivity index (χ2v) is 7.77. The standard InChI is InChI=1S/C20H27N3O2.ClH/c24-19(12-15-10-16-5-6-17(11-15)22-16)21-13-14-3-7-18(8-4-14)23-9-1-2-20(23)25;/h3-4,7-8,15-17,22H,1-2,5-6,9-13H2,(H,21,24);1H. The Morgan fingerprint density at radius 1 is 1.15 bits per heavy atom. The van der Waals surface area contributed by atoms with E-state index in [4.69, 9.17) is 0 Å². The maximum Gasteiger partial charge on any atom is 0.227 e. The van der Waals surface area contributed by atoms with Crippen molar-refractivity contribution < 1.29 is 9.59 Å². The van der Waals surface area contributed by atoms with Gasteiger partial charge in [0.05, 0.1) is 0 Å². The number of carbonyl (C=O) groups excluding carboxylic acids is 2. The van der Waals surface area contributed by atoms with Crippen molar-refractivity contribution in [2.75, 3.05) is 11.4 Å². The summed E-state index contributed by atoms with van der Waals surface area (Å²) in [7, 11) is 0. The lowest BCUT2D eigenvalue weighted by Gasteiger charge is -2.28. The molecule has 2 unspecified atom stereocenters. The first-order chi connectivity index (χ1) is 12.2. The molecular weight excluding hydrogens is 350 g/mol. The number of nitrogens with one attached hydrogen (secondary N) is 2. The fourth-order valence-corrected chi connectivity index (χ4v) is 4.59. The molecule has 0 aliphatic carbocycles. The van der Waals surface area contributed by atoms with Crippen molar-refractivity contribution in [3.8, 4) is 0 Å². The molecule has 5 nitrogen and oxygen atoms in total. The molecule has 6 heteroatoms. The summed E-state index contributed by atoms with van der Waals surface area (Å²) >= 11 is 0. The van der Waals surface area contributed by atoms with Crippen LogP contribution in [0.5, 0.6) is 0 Å². The van der Waals surface area contributed by atoms with Crippen LogP contribution in [-0.2, 0) is 16.1 Å². The van der Waals surface area contributed by atoms with E-state index >= 15 is 0 Å². The Hall–Kier alpha value is -1.59. The molecule has 1 aromatic rings. The van der Waals surface area contributed by atoms with Crippen LogP contribution < -0.4 is 15.5 Å². The summed E-state index contributed by atoms with van der Waals surface area (Å²) < 4.78 is 0. The first kappa shape index (κ1) is 19.2. The Labute approximate surface area is 161 Å². The number of fused-ring (bicyclic) bond motifs is 2. The maximum atomic E-state index is 12.3. The predicted octanol–water partition coefficient (Wildman–Crippen LogP) is 2.77. The van der Waals surface area contributed by atoms with Crippen LogP contribution in [0, 0.1) is 5.92 Å². The molecule has 142 valence electrons. The summed E-state index contributed by atoms with van der Waals surface area (Å²) in [5, 5.41) is 6.68. The topological polar surface area (TPSA) is 61.4 Å². The van der Waals surface area contributed by atoms with Gasteiger partial charge in [-0.3, -0.25) is 9.59 Å². The predicted molar refractivity (Wildman–Crippen MR) is 104 cm³/mol. The van der Waals surface area contributed by atoms with Crippen molar-refractivity contribution >= 4 is 29.9 Å². The maximum absolute atomic E-state index is 12.3. The van der Waals surface area contributed by atoms with Crippen LogP contribution in [0.3, 0.4) is 0 Å². The van der Waals surface area contributed by atoms with E-state index in [1.165, 1.54) is 12.8 Å². The third-order valence-electron chi connectivity index (χ3n) is 5.86. The zero-order chi connectivity index (χ0) is 17.2. The molecule has 3 saturated heterocycles. The lowest BCUT2D eigenvalue weighted by Crippen LogP contribution is -2.39. The molecule has 3 heterocycles. The van der Waals surface area contributed by atoms with E-state index < -0.39 is 0 Å². The highest BCUT2D eigenvalue weighted by Crippen LogP contribution is 2.32. The van der Waals surface area contributed by atoms with Gasteiger partial charge >= 0.3 is 0 Å². The largest absolute Gasteiger partial charge is 0.352 e. The van der Waals surface area contributed by atoms with E-state index in [-0.39, 0.29) is 24.2 Å². The first-order valence-electron chi connectivity index (χ1n) is 9.59. The van der Waals surface area contributed by atoms with Gasteiger partial charge in [0.15, 0.2) is 0 Å². The lowest BCUT2D eigenvalue weighted by molar-refractivity contribution is -0.122. The Bertz CT molecular complexity index is 637. The number of rotatable bonds is 5. The fraction of sp³-hybridized carbons (Fsp3) is 0.600. The van der Waals surface area contributed by atoms with E-state index in [1.54, 1.807) is 0 Å². The number of benzene rings is 1. The number of anilines is 1. The summed E-state index contributed by atoms with van der Waals surface area (Å²) in [5.41, 5.74) is 2.04. The van der Waals surface area contributed by atoms with Crippen LogP contribution in [-0.4, -0.2) is 30.4 Å². The molecule has 3 aliphatic heterocycles. The number of carbonyl (C=O) groups is 2. The molecule has 2 amide bonds. The van der Waals surface area contributed by atoms with Gasteiger partial charge in [0, 0.05) is 43.7 Å². The van der Waals surface area contributed by atoms with E-state index in [2.05, 4.69) is 10.6 Å². The van der Waals surface area contributed by atoms with Gasteiger partial charge in [-0.05, 0) is 55.7 Å². The molecule has 0 radical (unpaired) electrons. The van der Waals surface area contributed by atoms with Gasteiger partial charge in [-0.1, -0.05) is 12.1 Å². The minimum absolute atomic E-state index is 0. The molecule has 2 bridgehead atoms. The number of halogens is 1. The molecule has 4 rings (SSSR count). The molecule has 1 aromatic carbocycles. The summed E-state index contributed by atoms with van der Waals surface area (Å²) in [6, 6.07) is 9.25. The quantitative estimate of drug-likeness (QED) is 0.829. The molecule has 0 aromatic heterocycles. The van der Waals surface area contributed by atoms with Crippen LogP contribution in [0.2, 0.25) is 0 Å². The minimum atomic E-state index is 0. The van der Waals surface area contributed by atoms with Gasteiger partial charge in [-0.25, -0.2) is 0 Å². The summed E-state index contributed by atoms with van der Waals surface area (Å²) in [6.07, 6.45) is 7.06. The minimum Gasteiger partial charge on any atom is -0.352 e. The Morgan fingerprint density at radius 3 is 2.46 bits per heavy atom. The zero-order valence-corrected chi connectivity index (χ0v) is 15.9. The first-order valence-corrected chi connectivity index (χ1v) is 9.59. The van der Waals surface area contributed by atoms with Gasteiger partial charge in [0.2, 0.25) is 11.8 Å². The van der Waals surface area contributed by atoms with E-state index in [1.807, 2.05) is 29.2 Å². The fourth-order valence-electron chi connectivity index (χ4n) is 4.59. The van der Waals surface area contributed by atoms with E-state index in [9.17, 15) is 9.59 Å². The van der Waals surface area contributed by atoms with Crippen molar-refractivity contribution in [1.82, 2.24) is 10.6 Å². The van der Waals surface area contributed by atoms with Gasteiger partial charge in [0.1, 0.15) is 0 Å². The molecule has 2 N–H and O–H groups in total. The van der Waals surface area contributed by atoms with Crippen molar-refractivity contribution in [2.24, 2.45) is 5.92 Å². The Morgan fingerprint density at radius 2 is 1.85 bits per heavy atom. The highest BCUT2D eigenvalue weighted by atomic mass is 35.5. The number of hydrogen-bond acceptors (Lipinski definition) is 3.